The molecular formula is C77H149NO5. The van der Waals surface area contributed by atoms with E-state index in [2.05, 4.69) is 31.3 Å². The second-order valence-corrected chi connectivity index (χ2v) is 26.3. The van der Waals surface area contributed by atoms with Gasteiger partial charge in [-0.15, -0.1) is 0 Å². The van der Waals surface area contributed by atoms with Gasteiger partial charge in [-0.2, -0.15) is 0 Å². The van der Waals surface area contributed by atoms with Crippen LogP contribution < -0.4 is 5.32 Å². The van der Waals surface area contributed by atoms with Gasteiger partial charge in [-0.3, -0.25) is 9.59 Å². The van der Waals surface area contributed by atoms with Crippen molar-refractivity contribution in [1.29, 1.82) is 0 Å². The van der Waals surface area contributed by atoms with Gasteiger partial charge in [-0.25, -0.2) is 0 Å². The van der Waals surface area contributed by atoms with Gasteiger partial charge in [0.1, 0.15) is 0 Å². The van der Waals surface area contributed by atoms with Gasteiger partial charge >= 0.3 is 5.97 Å². The third-order valence-electron chi connectivity index (χ3n) is 18.0. The Labute approximate surface area is 520 Å². The van der Waals surface area contributed by atoms with Crippen LogP contribution in [-0.2, 0) is 14.3 Å². The fourth-order valence-corrected chi connectivity index (χ4v) is 12.2. The second-order valence-electron chi connectivity index (χ2n) is 26.3. The zero-order valence-corrected chi connectivity index (χ0v) is 56.5. The number of carbonyl (C=O) groups is 2. The molecule has 0 fully saturated rings. The largest absolute Gasteiger partial charge is 0.466 e. The summed E-state index contributed by atoms with van der Waals surface area (Å²) in [4.78, 5) is 24.5. The number of aliphatic hydroxyl groups excluding tert-OH is 2. The Morgan fingerprint density at radius 3 is 0.855 bits per heavy atom. The molecule has 0 bridgehead atoms. The van der Waals surface area contributed by atoms with E-state index in [9.17, 15) is 19.8 Å². The summed E-state index contributed by atoms with van der Waals surface area (Å²) in [6.07, 6.45) is 93.0. The van der Waals surface area contributed by atoms with Crippen LogP contribution in [0.3, 0.4) is 0 Å². The Bertz CT molecular complexity index is 1300. The second kappa shape index (κ2) is 72.8. The summed E-state index contributed by atoms with van der Waals surface area (Å²) in [6.45, 7) is 4.95. The number of hydrogen-bond donors (Lipinski definition) is 3. The summed E-state index contributed by atoms with van der Waals surface area (Å²) < 4.78 is 5.48. The van der Waals surface area contributed by atoms with E-state index < -0.39 is 12.1 Å². The van der Waals surface area contributed by atoms with Crippen LogP contribution in [0.25, 0.3) is 0 Å². The van der Waals surface area contributed by atoms with Crippen LogP contribution in [0.15, 0.2) is 24.3 Å². The molecule has 83 heavy (non-hydrogen) atoms. The Morgan fingerprint density at radius 1 is 0.325 bits per heavy atom. The number of hydrogen-bond acceptors (Lipinski definition) is 5. The quantitative estimate of drug-likeness (QED) is 0.0320. The Balaban J connectivity index is 3.35. The van der Waals surface area contributed by atoms with Crippen LogP contribution in [0, 0.1) is 0 Å². The van der Waals surface area contributed by atoms with Gasteiger partial charge in [-0.05, 0) is 57.8 Å². The molecule has 0 saturated carbocycles. The van der Waals surface area contributed by atoms with Crippen LogP contribution in [0.2, 0.25) is 0 Å². The average Bonchev–Trinajstić information content (AvgIpc) is 3.50. The minimum absolute atomic E-state index is 0.0216. The molecule has 6 nitrogen and oxygen atoms in total. The first-order valence-electron chi connectivity index (χ1n) is 38.1. The summed E-state index contributed by atoms with van der Waals surface area (Å²) in [5.41, 5.74) is 0. The fourth-order valence-electron chi connectivity index (χ4n) is 12.2. The van der Waals surface area contributed by atoms with Crippen molar-refractivity contribution < 1.29 is 24.5 Å². The smallest absolute Gasteiger partial charge is 0.305 e. The first-order valence-corrected chi connectivity index (χ1v) is 38.1. The molecule has 0 aromatic rings. The van der Waals surface area contributed by atoms with E-state index in [4.69, 9.17) is 4.74 Å². The minimum Gasteiger partial charge on any atom is -0.466 e. The minimum atomic E-state index is -0.842. The van der Waals surface area contributed by atoms with Crippen molar-refractivity contribution in [3.63, 3.8) is 0 Å². The lowest BCUT2D eigenvalue weighted by Gasteiger charge is -2.20. The summed E-state index contributed by atoms with van der Waals surface area (Å²) in [5.74, 6) is -0.0385. The lowest BCUT2D eigenvalue weighted by molar-refractivity contribution is -0.143. The van der Waals surface area contributed by atoms with Gasteiger partial charge in [0.05, 0.1) is 25.4 Å². The van der Waals surface area contributed by atoms with Gasteiger partial charge in [0.2, 0.25) is 5.91 Å². The highest BCUT2D eigenvalue weighted by atomic mass is 16.5. The molecule has 492 valence electrons. The highest BCUT2D eigenvalue weighted by molar-refractivity contribution is 5.76. The molecular weight excluding hydrogens is 1020 g/mol. The number of carbonyl (C=O) groups excluding carboxylic acids is 2. The third kappa shape index (κ3) is 69.3. The molecule has 6 heteroatoms. The van der Waals surface area contributed by atoms with E-state index in [1.807, 2.05) is 6.08 Å². The molecule has 0 aromatic carbocycles. The number of aliphatic hydroxyl groups is 2. The number of rotatable bonds is 72. The van der Waals surface area contributed by atoms with Crippen molar-refractivity contribution >= 4 is 11.9 Å². The van der Waals surface area contributed by atoms with E-state index in [1.165, 1.54) is 366 Å². The van der Waals surface area contributed by atoms with Crippen LogP contribution in [0.4, 0.5) is 0 Å². The highest BCUT2D eigenvalue weighted by Crippen LogP contribution is 2.19. The SMILES string of the molecule is CCCCCCCCCCCCCCCCCC/C=C/C(O)C(CO)NC(=O)CCCCCCCCCCCCCCCCCCC/C=C\CCCCCCCCCCCCCCCCCCOC(=O)CCCCCCCCCCCCC. The number of ether oxygens (including phenoxy) is 1. The zero-order valence-electron chi connectivity index (χ0n) is 56.5. The maximum absolute atomic E-state index is 12.5. The summed E-state index contributed by atoms with van der Waals surface area (Å²) >= 11 is 0. The van der Waals surface area contributed by atoms with Gasteiger partial charge in [0.25, 0.3) is 0 Å². The topological polar surface area (TPSA) is 95.9 Å². The molecule has 2 atom stereocenters. The van der Waals surface area contributed by atoms with Crippen molar-refractivity contribution in [2.75, 3.05) is 13.2 Å². The molecule has 2 unspecified atom stereocenters. The standard InChI is InChI=1S/C77H149NO5/c1-3-5-7-9-11-13-15-16-17-18-40-43-46-50-53-57-61-65-69-75(80)74(73-79)78-76(81)70-66-62-58-54-51-47-44-41-38-36-34-32-30-28-26-24-22-20-19-21-23-25-27-29-31-33-35-37-39-42-45-48-52-56-60-64-68-72-83-77(82)71-67-63-59-55-49-14-12-10-8-6-4-2/h19,21,65,69,74-75,79-80H,3-18,20,22-64,66-68,70-73H2,1-2H3,(H,78,81)/b21-19-,69-65+. The molecule has 0 heterocycles. The number of unbranched alkanes of at least 4 members (excludes halogenated alkanes) is 59. The maximum atomic E-state index is 12.5. The lowest BCUT2D eigenvalue weighted by atomic mass is 10.0. The van der Waals surface area contributed by atoms with E-state index in [-0.39, 0.29) is 18.5 Å². The van der Waals surface area contributed by atoms with E-state index in [1.54, 1.807) is 6.08 Å². The first-order chi connectivity index (χ1) is 41.0. The molecule has 0 radical (unpaired) electrons. The van der Waals surface area contributed by atoms with Crippen LogP contribution in [-0.4, -0.2) is 47.4 Å². The lowest BCUT2D eigenvalue weighted by Crippen LogP contribution is -2.45. The molecule has 0 aromatic heterocycles. The number of esters is 1. The summed E-state index contributed by atoms with van der Waals surface area (Å²) in [5, 5.41) is 23.2. The third-order valence-corrected chi connectivity index (χ3v) is 18.0. The number of allylic oxidation sites excluding steroid dienone is 3. The van der Waals surface area contributed by atoms with Gasteiger partial charge in [0, 0.05) is 12.8 Å². The molecule has 0 rings (SSSR count). The van der Waals surface area contributed by atoms with E-state index in [0.717, 1.165) is 38.5 Å². The van der Waals surface area contributed by atoms with Crippen molar-refractivity contribution in [1.82, 2.24) is 5.32 Å². The molecule has 0 aliphatic heterocycles. The van der Waals surface area contributed by atoms with Crippen LogP contribution in [0.5, 0.6) is 0 Å². The average molecular weight is 1170 g/mol. The van der Waals surface area contributed by atoms with Crippen LogP contribution >= 0.6 is 0 Å². The van der Waals surface area contributed by atoms with E-state index in [0.29, 0.717) is 19.4 Å². The Morgan fingerprint density at radius 2 is 0.566 bits per heavy atom. The molecule has 1 amide bonds. The van der Waals surface area contributed by atoms with Gasteiger partial charge < -0.3 is 20.3 Å². The number of nitrogens with one attached hydrogen (secondary N) is 1. The highest BCUT2D eigenvalue weighted by Gasteiger charge is 2.18. The molecule has 0 aliphatic rings. The van der Waals surface area contributed by atoms with Crippen molar-refractivity contribution in [2.45, 2.75) is 443 Å². The molecule has 0 aliphatic carbocycles. The molecule has 0 spiro atoms. The summed E-state index contributed by atoms with van der Waals surface area (Å²) in [6, 6.07) is -0.625. The predicted octanol–water partition coefficient (Wildman–Crippen LogP) is 24.9. The molecule has 3 N–H and O–H groups in total. The maximum Gasteiger partial charge on any atom is 0.305 e. The first kappa shape index (κ1) is 81.3. The monoisotopic (exact) mass is 1170 g/mol. The van der Waals surface area contributed by atoms with Crippen LogP contribution in [0.1, 0.15) is 431 Å². The van der Waals surface area contributed by atoms with E-state index >= 15 is 0 Å². The van der Waals surface area contributed by atoms with Crippen molar-refractivity contribution in [3.05, 3.63) is 24.3 Å². The van der Waals surface area contributed by atoms with Gasteiger partial charge in [-0.1, -0.05) is 385 Å². The van der Waals surface area contributed by atoms with Crippen molar-refractivity contribution in [3.8, 4) is 0 Å². The Kier molecular flexibility index (Phi) is 71.4. The molecule has 0 saturated heterocycles. The summed E-state index contributed by atoms with van der Waals surface area (Å²) in [7, 11) is 0. The number of amides is 1. The Hall–Kier alpha value is -1.66. The van der Waals surface area contributed by atoms with Gasteiger partial charge in [0.15, 0.2) is 0 Å². The predicted molar refractivity (Wildman–Crippen MR) is 366 cm³/mol. The zero-order chi connectivity index (χ0) is 59.9. The fraction of sp³-hybridized carbons (Fsp3) is 0.922. The van der Waals surface area contributed by atoms with Crippen molar-refractivity contribution in [2.24, 2.45) is 0 Å². The normalized spacial score (nSPS) is 12.6.